The number of hydrogen-bond donors (Lipinski definition) is 1. The summed E-state index contributed by atoms with van der Waals surface area (Å²) in [5, 5.41) is 4.12. The van der Waals surface area contributed by atoms with E-state index < -0.39 is 6.04 Å². The first-order valence-corrected chi connectivity index (χ1v) is 11.6. The van der Waals surface area contributed by atoms with E-state index in [2.05, 4.69) is 33.4 Å². The minimum Gasteiger partial charge on any atom is -0.341 e. The van der Waals surface area contributed by atoms with E-state index in [0.29, 0.717) is 34.1 Å². The van der Waals surface area contributed by atoms with E-state index in [1.54, 1.807) is 18.2 Å². The number of piperidine rings is 1. The molecule has 2 aromatic rings. The second-order valence-corrected chi connectivity index (χ2v) is 9.70. The Kier molecular flexibility index (Phi) is 7.83. The number of halogens is 3. The van der Waals surface area contributed by atoms with E-state index in [4.69, 9.17) is 23.2 Å². The van der Waals surface area contributed by atoms with Crippen LogP contribution < -0.4 is 5.32 Å². The number of carbonyl (C=O) groups is 2. The van der Waals surface area contributed by atoms with Crippen molar-refractivity contribution in [3.8, 4) is 0 Å². The molecule has 0 radical (unpaired) electrons. The van der Waals surface area contributed by atoms with Gasteiger partial charge < -0.3 is 10.2 Å². The van der Waals surface area contributed by atoms with Crippen molar-refractivity contribution in [1.82, 2.24) is 10.2 Å². The third-order valence-electron chi connectivity index (χ3n) is 5.54. The van der Waals surface area contributed by atoms with Gasteiger partial charge in [0.2, 0.25) is 5.91 Å². The van der Waals surface area contributed by atoms with E-state index in [9.17, 15) is 9.59 Å². The molecular weight excluding hydrogens is 487 g/mol. The van der Waals surface area contributed by atoms with Crippen LogP contribution in [0.1, 0.15) is 48.5 Å². The maximum absolute atomic E-state index is 13.2. The second kappa shape index (κ2) is 10.2. The zero-order valence-electron chi connectivity index (χ0n) is 17.0. The van der Waals surface area contributed by atoms with Crippen molar-refractivity contribution in [1.29, 1.82) is 0 Å². The fourth-order valence-electron chi connectivity index (χ4n) is 3.77. The fourth-order valence-corrected chi connectivity index (χ4v) is 4.49. The van der Waals surface area contributed by atoms with Gasteiger partial charge in [-0.1, -0.05) is 49.2 Å². The third-order valence-corrected chi connectivity index (χ3v) is 6.72. The normalized spacial score (nSPS) is 15.9. The van der Waals surface area contributed by atoms with Crippen LogP contribution in [-0.4, -0.2) is 35.8 Å². The fraction of sp³-hybridized carbons (Fsp3) is 0.391. The molecule has 160 valence electrons. The molecular formula is C23H25BrCl2N2O2. The zero-order chi connectivity index (χ0) is 21.8. The Balaban J connectivity index is 1.65. The summed E-state index contributed by atoms with van der Waals surface area (Å²) >= 11 is 15.4. The number of nitrogens with zero attached hydrogens (tertiary/aromatic N) is 1. The van der Waals surface area contributed by atoms with E-state index in [-0.39, 0.29) is 17.7 Å². The number of nitrogens with one attached hydrogen (secondary N) is 1. The van der Waals surface area contributed by atoms with Crippen molar-refractivity contribution in [2.75, 3.05) is 13.1 Å². The average molecular weight is 512 g/mol. The van der Waals surface area contributed by atoms with E-state index in [1.165, 1.54) is 5.56 Å². The summed E-state index contributed by atoms with van der Waals surface area (Å²) in [6.45, 7) is 5.23. The standard InChI is InChI=1S/C23H25BrCl2N2O2/c1-14(2)21(27-22(29)19-13-18(26)7-8-20(19)24)23(30)28-11-9-16(10-12-28)15-3-5-17(25)6-4-15/h3-8,13-14,16,21H,9-12H2,1-2H3,(H,27,29)/t21-/m1/s1. The lowest BCUT2D eigenvalue weighted by Gasteiger charge is -2.35. The van der Waals surface area contributed by atoms with Crippen molar-refractivity contribution >= 4 is 50.9 Å². The van der Waals surface area contributed by atoms with Crippen LogP contribution in [0.25, 0.3) is 0 Å². The van der Waals surface area contributed by atoms with Crippen molar-refractivity contribution in [2.24, 2.45) is 5.92 Å². The highest BCUT2D eigenvalue weighted by atomic mass is 79.9. The third kappa shape index (κ3) is 5.57. The summed E-state index contributed by atoms with van der Waals surface area (Å²) in [5.41, 5.74) is 1.67. The molecule has 0 spiro atoms. The highest BCUT2D eigenvalue weighted by Crippen LogP contribution is 2.29. The topological polar surface area (TPSA) is 49.4 Å². The summed E-state index contributed by atoms with van der Waals surface area (Å²) in [5.74, 6) is 0.0350. The molecule has 1 aliphatic heterocycles. The predicted octanol–water partition coefficient (Wildman–Crippen LogP) is 5.92. The first-order valence-electron chi connectivity index (χ1n) is 10.1. The van der Waals surface area contributed by atoms with Gasteiger partial charge >= 0.3 is 0 Å². The van der Waals surface area contributed by atoms with Crippen LogP contribution in [0.2, 0.25) is 10.0 Å². The molecule has 0 bridgehead atoms. The highest BCUT2D eigenvalue weighted by Gasteiger charge is 2.32. The maximum Gasteiger partial charge on any atom is 0.253 e. The van der Waals surface area contributed by atoms with Gasteiger partial charge in [0.15, 0.2) is 0 Å². The Morgan fingerprint density at radius 3 is 2.23 bits per heavy atom. The van der Waals surface area contributed by atoms with Crippen LogP contribution in [0.15, 0.2) is 46.9 Å². The minimum absolute atomic E-state index is 0.0339. The van der Waals surface area contributed by atoms with E-state index in [0.717, 1.165) is 17.9 Å². The van der Waals surface area contributed by atoms with Gasteiger partial charge in [-0.15, -0.1) is 0 Å². The molecule has 1 N–H and O–H groups in total. The lowest BCUT2D eigenvalue weighted by molar-refractivity contribution is -0.135. The molecule has 4 nitrogen and oxygen atoms in total. The lowest BCUT2D eigenvalue weighted by Crippen LogP contribution is -2.52. The molecule has 7 heteroatoms. The smallest absolute Gasteiger partial charge is 0.253 e. The van der Waals surface area contributed by atoms with E-state index in [1.807, 2.05) is 30.9 Å². The molecule has 0 aromatic heterocycles. The quantitative estimate of drug-likeness (QED) is 0.541. The van der Waals surface area contributed by atoms with Crippen molar-refractivity contribution in [2.45, 2.75) is 38.6 Å². The Morgan fingerprint density at radius 1 is 1.03 bits per heavy atom. The summed E-state index contributed by atoms with van der Waals surface area (Å²) in [6.07, 6.45) is 1.79. The first kappa shape index (κ1) is 23.1. The number of amides is 2. The Hall–Kier alpha value is -1.56. The van der Waals surface area contributed by atoms with Crippen molar-refractivity contribution in [3.05, 3.63) is 68.1 Å². The minimum atomic E-state index is -0.588. The number of carbonyl (C=O) groups excluding carboxylic acids is 2. The summed E-state index contributed by atoms with van der Waals surface area (Å²) in [6, 6.07) is 12.4. The first-order chi connectivity index (χ1) is 14.3. The van der Waals surface area contributed by atoms with Gasteiger partial charge in [0.25, 0.3) is 5.91 Å². The van der Waals surface area contributed by atoms with Crippen molar-refractivity contribution in [3.63, 3.8) is 0 Å². The van der Waals surface area contributed by atoms with Gasteiger partial charge in [-0.3, -0.25) is 9.59 Å². The summed E-state index contributed by atoms with van der Waals surface area (Å²) < 4.78 is 0.642. The van der Waals surface area contributed by atoms with Crippen LogP contribution in [0, 0.1) is 5.92 Å². The maximum atomic E-state index is 13.2. The van der Waals surface area contributed by atoms with Gasteiger partial charge in [-0.2, -0.15) is 0 Å². The largest absolute Gasteiger partial charge is 0.341 e. The molecule has 3 rings (SSSR count). The highest BCUT2D eigenvalue weighted by molar-refractivity contribution is 9.10. The van der Waals surface area contributed by atoms with Crippen LogP contribution in [0.5, 0.6) is 0 Å². The number of hydrogen-bond acceptors (Lipinski definition) is 2. The van der Waals surface area contributed by atoms with Gasteiger partial charge in [-0.05, 0) is 76.5 Å². The van der Waals surface area contributed by atoms with E-state index >= 15 is 0 Å². The Labute approximate surface area is 196 Å². The molecule has 1 fully saturated rings. The van der Waals surface area contributed by atoms with Crippen LogP contribution in [-0.2, 0) is 4.79 Å². The van der Waals surface area contributed by atoms with Gasteiger partial charge in [-0.25, -0.2) is 0 Å². The Bertz CT molecular complexity index is 910. The molecule has 1 atom stereocenters. The Morgan fingerprint density at radius 2 is 1.63 bits per heavy atom. The number of benzene rings is 2. The summed E-state index contributed by atoms with van der Waals surface area (Å²) in [4.78, 5) is 27.9. The predicted molar refractivity (Wildman–Crippen MR) is 125 cm³/mol. The van der Waals surface area contributed by atoms with Gasteiger partial charge in [0, 0.05) is 27.6 Å². The van der Waals surface area contributed by atoms with Gasteiger partial charge in [0.05, 0.1) is 5.56 Å². The lowest BCUT2D eigenvalue weighted by atomic mass is 9.89. The second-order valence-electron chi connectivity index (χ2n) is 7.97. The molecule has 2 aromatic carbocycles. The molecule has 2 amide bonds. The molecule has 0 saturated carbocycles. The zero-order valence-corrected chi connectivity index (χ0v) is 20.1. The number of rotatable bonds is 5. The number of likely N-dealkylation sites (tertiary alicyclic amines) is 1. The molecule has 0 unspecified atom stereocenters. The van der Waals surface area contributed by atoms with Crippen LogP contribution >= 0.6 is 39.1 Å². The molecule has 0 aliphatic carbocycles. The van der Waals surface area contributed by atoms with Crippen LogP contribution in [0.4, 0.5) is 0 Å². The van der Waals surface area contributed by atoms with Crippen molar-refractivity contribution < 1.29 is 9.59 Å². The summed E-state index contributed by atoms with van der Waals surface area (Å²) in [7, 11) is 0. The average Bonchev–Trinajstić information content (AvgIpc) is 2.73. The van der Waals surface area contributed by atoms with Crippen LogP contribution in [0.3, 0.4) is 0 Å². The monoisotopic (exact) mass is 510 g/mol. The van der Waals surface area contributed by atoms with Gasteiger partial charge in [0.1, 0.15) is 6.04 Å². The molecule has 30 heavy (non-hydrogen) atoms. The SMILES string of the molecule is CC(C)[C@@H](NC(=O)c1cc(Cl)ccc1Br)C(=O)N1CCC(c2ccc(Cl)cc2)CC1. The molecule has 1 aliphatic rings. The molecule has 1 heterocycles. The molecule has 1 saturated heterocycles.